The largest absolute Gasteiger partial charge is 0.329 e. The second-order valence-electron chi connectivity index (χ2n) is 5.75. The molecule has 0 bridgehead atoms. The van der Waals surface area contributed by atoms with Crippen LogP contribution in [0.4, 0.5) is 0 Å². The number of aromatic nitrogens is 4. The molecule has 118 valence electrons. The zero-order valence-corrected chi connectivity index (χ0v) is 13.0. The molecular weight excluding hydrogens is 304 g/mol. The van der Waals surface area contributed by atoms with Crippen molar-refractivity contribution in [3.63, 3.8) is 0 Å². The Morgan fingerprint density at radius 2 is 1.83 bits per heavy atom. The van der Waals surface area contributed by atoms with E-state index in [0.29, 0.717) is 16.4 Å². The Bertz CT molecular complexity index is 1180. The molecule has 4 aromatic rings. The maximum absolute atomic E-state index is 12.7. The topological polar surface area (TPSA) is 80.6 Å². The Hall–Kier alpha value is -3.28. The van der Waals surface area contributed by atoms with Crippen LogP contribution in [0.15, 0.2) is 58.1 Å². The molecule has 0 aliphatic carbocycles. The summed E-state index contributed by atoms with van der Waals surface area (Å²) in [5.41, 5.74) is 2.27. The first-order valence-electron chi connectivity index (χ1n) is 7.57. The third-order valence-electron chi connectivity index (χ3n) is 4.03. The maximum Gasteiger partial charge on any atom is 0.329 e. The SMILES string of the molecule is Cc1ccc2c(c1)nnc1c(=O)n(Cc3ccccc3)c(=O)[nH]c12. The normalized spacial score (nSPS) is 11.2. The van der Waals surface area contributed by atoms with Gasteiger partial charge in [-0.05, 0) is 24.1 Å². The predicted molar refractivity (Wildman–Crippen MR) is 92.2 cm³/mol. The molecule has 1 N–H and O–H groups in total. The van der Waals surface area contributed by atoms with Crippen molar-refractivity contribution in [3.05, 3.63) is 80.5 Å². The van der Waals surface area contributed by atoms with Crippen LogP contribution in [0.5, 0.6) is 0 Å². The van der Waals surface area contributed by atoms with Gasteiger partial charge in [0.25, 0.3) is 5.56 Å². The van der Waals surface area contributed by atoms with Gasteiger partial charge in [0.2, 0.25) is 0 Å². The number of aromatic amines is 1. The lowest BCUT2D eigenvalue weighted by Crippen LogP contribution is -2.36. The first-order valence-corrected chi connectivity index (χ1v) is 7.57. The summed E-state index contributed by atoms with van der Waals surface area (Å²) in [7, 11) is 0. The average molecular weight is 318 g/mol. The van der Waals surface area contributed by atoms with Crippen molar-refractivity contribution in [2.24, 2.45) is 0 Å². The van der Waals surface area contributed by atoms with E-state index in [2.05, 4.69) is 15.2 Å². The summed E-state index contributed by atoms with van der Waals surface area (Å²) < 4.78 is 1.15. The molecule has 0 amide bonds. The van der Waals surface area contributed by atoms with Gasteiger partial charge in [0.15, 0.2) is 5.52 Å². The van der Waals surface area contributed by atoms with E-state index in [1.807, 2.05) is 55.5 Å². The van der Waals surface area contributed by atoms with Crippen LogP contribution in [0.25, 0.3) is 21.9 Å². The smallest absolute Gasteiger partial charge is 0.305 e. The van der Waals surface area contributed by atoms with Crippen LogP contribution < -0.4 is 11.2 Å². The molecule has 0 saturated heterocycles. The standard InChI is InChI=1S/C18H14N4O2/c1-11-7-8-13-14(9-11)20-21-16-15(13)19-18(24)22(17(16)23)10-12-5-3-2-4-6-12/h2-9H,10H2,1H3,(H,19,24). The van der Waals surface area contributed by atoms with Crippen molar-refractivity contribution in [3.8, 4) is 0 Å². The number of fused-ring (bicyclic) bond motifs is 3. The van der Waals surface area contributed by atoms with Crippen LogP contribution in [0.1, 0.15) is 11.1 Å². The Kier molecular flexibility index (Phi) is 3.23. The number of nitrogens with one attached hydrogen (secondary N) is 1. The third-order valence-corrected chi connectivity index (χ3v) is 4.03. The van der Waals surface area contributed by atoms with Crippen molar-refractivity contribution >= 4 is 21.9 Å². The molecule has 0 saturated carbocycles. The first-order chi connectivity index (χ1) is 11.6. The van der Waals surface area contributed by atoms with Crippen LogP contribution in [0, 0.1) is 6.92 Å². The number of aryl methyl sites for hydroxylation is 1. The van der Waals surface area contributed by atoms with E-state index in [1.54, 1.807) is 0 Å². The van der Waals surface area contributed by atoms with E-state index in [4.69, 9.17) is 0 Å². The minimum Gasteiger partial charge on any atom is -0.305 e. The fourth-order valence-corrected chi connectivity index (χ4v) is 2.80. The van der Waals surface area contributed by atoms with E-state index in [1.165, 1.54) is 0 Å². The first kappa shape index (κ1) is 14.3. The monoisotopic (exact) mass is 318 g/mol. The number of H-pyrrole nitrogens is 1. The van der Waals surface area contributed by atoms with Crippen LogP contribution in [0.3, 0.4) is 0 Å². The van der Waals surface area contributed by atoms with Crippen molar-refractivity contribution in [1.29, 1.82) is 0 Å². The lowest BCUT2D eigenvalue weighted by atomic mass is 10.1. The Balaban J connectivity index is 1.98. The molecule has 0 fully saturated rings. The second-order valence-corrected chi connectivity index (χ2v) is 5.75. The fourth-order valence-electron chi connectivity index (χ4n) is 2.80. The molecule has 6 nitrogen and oxygen atoms in total. The minimum atomic E-state index is -0.453. The van der Waals surface area contributed by atoms with Crippen LogP contribution in [0.2, 0.25) is 0 Å². The fraction of sp³-hybridized carbons (Fsp3) is 0.111. The molecule has 0 aliphatic heterocycles. The van der Waals surface area contributed by atoms with Gasteiger partial charge in [0.1, 0.15) is 0 Å². The van der Waals surface area contributed by atoms with E-state index < -0.39 is 11.2 Å². The summed E-state index contributed by atoms with van der Waals surface area (Å²) in [6.45, 7) is 2.14. The Morgan fingerprint density at radius 1 is 1.04 bits per heavy atom. The van der Waals surface area contributed by atoms with Gasteiger partial charge in [-0.15, -0.1) is 10.2 Å². The molecule has 0 spiro atoms. The average Bonchev–Trinajstić information content (AvgIpc) is 2.59. The highest BCUT2D eigenvalue weighted by atomic mass is 16.2. The van der Waals surface area contributed by atoms with Gasteiger partial charge in [-0.2, -0.15) is 0 Å². The molecule has 2 aromatic heterocycles. The quantitative estimate of drug-likeness (QED) is 0.573. The third kappa shape index (κ3) is 2.28. The van der Waals surface area contributed by atoms with Crippen molar-refractivity contribution in [1.82, 2.24) is 19.7 Å². The number of benzene rings is 2. The van der Waals surface area contributed by atoms with Crippen LogP contribution in [-0.2, 0) is 6.54 Å². The highest BCUT2D eigenvalue weighted by molar-refractivity contribution is 6.00. The van der Waals surface area contributed by atoms with Crippen molar-refractivity contribution in [2.75, 3.05) is 0 Å². The zero-order chi connectivity index (χ0) is 16.7. The molecule has 0 radical (unpaired) electrons. The molecule has 2 heterocycles. The van der Waals surface area contributed by atoms with E-state index in [9.17, 15) is 9.59 Å². The zero-order valence-electron chi connectivity index (χ0n) is 13.0. The Morgan fingerprint density at radius 3 is 2.62 bits per heavy atom. The molecule has 0 aliphatic rings. The summed E-state index contributed by atoms with van der Waals surface area (Å²) in [5, 5.41) is 8.88. The second kappa shape index (κ2) is 5.42. The maximum atomic E-state index is 12.7. The summed E-state index contributed by atoms with van der Waals surface area (Å²) in [6, 6.07) is 15.0. The van der Waals surface area contributed by atoms with Gasteiger partial charge in [-0.3, -0.25) is 9.36 Å². The summed E-state index contributed by atoms with van der Waals surface area (Å²) >= 11 is 0. The summed E-state index contributed by atoms with van der Waals surface area (Å²) in [5.74, 6) is 0. The van der Waals surface area contributed by atoms with Gasteiger partial charge in [0, 0.05) is 5.39 Å². The number of rotatable bonds is 2. The van der Waals surface area contributed by atoms with Crippen molar-refractivity contribution < 1.29 is 0 Å². The predicted octanol–water partition coefficient (Wildman–Crippen LogP) is 1.99. The van der Waals surface area contributed by atoms with Crippen molar-refractivity contribution in [2.45, 2.75) is 13.5 Å². The summed E-state index contributed by atoms with van der Waals surface area (Å²) in [4.78, 5) is 27.9. The molecule has 0 atom stereocenters. The van der Waals surface area contributed by atoms with E-state index >= 15 is 0 Å². The van der Waals surface area contributed by atoms with Gasteiger partial charge in [-0.25, -0.2) is 4.79 Å². The minimum absolute atomic E-state index is 0.168. The molecule has 6 heteroatoms. The lowest BCUT2D eigenvalue weighted by molar-refractivity contribution is 0.708. The molecule has 24 heavy (non-hydrogen) atoms. The molecular formula is C18H14N4O2. The highest BCUT2D eigenvalue weighted by Gasteiger charge is 2.12. The molecule has 0 unspecified atom stereocenters. The highest BCUT2D eigenvalue weighted by Crippen LogP contribution is 2.18. The summed E-state index contributed by atoms with van der Waals surface area (Å²) in [6.07, 6.45) is 0. The number of hydrogen-bond acceptors (Lipinski definition) is 4. The van der Waals surface area contributed by atoms with E-state index in [0.717, 1.165) is 15.7 Å². The number of hydrogen-bond donors (Lipinski definition) is 1. The number of nitrogens with zero attached hydrogens (tertiary/aromatic N) is 3. The van der Waals surface area contributed by atoms with Gasteiger partial charge in [0.05, 0.1) is 17.6 Å². The lowest BCUT2D eigenvalue weighted by Gasteiger charge is -2.07. The molecule has 4 rings (SSSR count). The van der Waals surface area contributed by atoms with Gasteiger partial charge >= 0.3 is 5.69 Å². The van der Waals surface area contributed by atoms with Crippen LogP contribution >= 0.6 is 0 Å². The van der Waals surface area contributed by atoms with E-state index in [-0.39, 0.29) is 12.1 Å². The molecule has 2 aromatic carbocycles. The van der Waals surface area contributed by atoms with Gasteiger partial charge < -0.3 is 4.98 Å². The van der Waals surface area contributed by atoms with Gasteiger partial charge in [-0.1, -0.05) is 42.5 Å². The Labute approximate surface area is 136 Å². The van der Waals surface area contributed by atoms with Crippen LogP contribution in [-0.4, -0.2) is 19.7 Å².